The number of alkyl halides is 1. The third-order valence-corrected chi connectivity index (χ3v) is 4.73. The fourth-order valence-electron chi connectivity index (χ4n) is 2.48. The summed E-state index contributed by atoms with van der Waals surface area (Å²) in [6.07, 6.45) is -1.09. The van der Waals surface area contributed by atoms with Crippen molar-refractivity contribution in [1.29, 1.82) is 0 Å². The fraction of sp³-hybridized carbons (Fsp3) is 0.385. The molecule has 1 aromatic heterocycles. The Hall–Kier alpha value is -1.80. The lowest BCUT2D eigenvalue weighted by Crippen LogP contribution is -2.24. The number of halogens is 1. The average Bonchev–Trinajstić information content (AvgIpc) is 3.01. The highest BCUT2D eigenvalue weighted by Gasteiger charge is 2.37. The number of rotatable bonds is 4. The summed E-state index contributed by atoms with van der Waals surface area (Å²) in [6, 6.07) is 8.99. The summed E-state index contributed by atoms with van der Waals surface area (Å²) in [5.41, 5.74) is 0.885. The molecule has 0 saturated carbocycles. The van der Waals surface area contributed by atoms with Crippen molar-refractivity contribution in [3.05, 3.63) is 41.7 Å². The Bertz CT molecular complexity index is 745. The van der Waals surface area contributed by atoms with Gasteiger partial charge in [-0.1, -0.05) is 37.3 Å². The van der Waals surface area contributed by atoms with Crippen LogP contribution in [0.1, 0.15) is 36.9 Å². The highest BCUT2D eigenvalue weighted by Crippen LogP contribution is 2.39. The summed E-state index contributed by atoms with van der Waals surface area (Å²) >= 11 is 0. The Labute approximate surface area is 122 Å². The Kier molecular flexibility index (Phi) is 3.50. The van der Waals surface area contributed by atoms with Gasteiger partial charge in [0.05, 0.1) is 6.04 Å². The second-order valence-electron chi connectivity index (χ2n) is 4.83. The number of benzene rings is 1. The molecule has 8 heteroatoms. The van der Waals surface area contributed by atoms with Crippen molar-refractivity contribution in [2.24, 2.45) is 0 Å². The van der Waals surface area contributed by atoms with Crippen molar-refractivity contribution in [2.75, 3.05) is 6.54 Å². The van der Waals surface area contributed by atoms with E-state index in [1.165, 1.54) is 4.68 Å². The van der Waals surface area contributed by atoms with Crippen molar-refractivity contribution < 1.29 is 12.8 Å². The summed E-state index contributed by atoms with van der Waals surface area (Å²) in [4.78, 5) is 3.86. The van der Waals surface area contributed by atoms with Gasteiger partial charge >= 0.3 is 0 Å². The van der Waals surface area contributed by atoms with E-state index < -0.39 is 16.2 Å². The molecule has 0 fully saturated rings. The van der Waals surface area contributed by atoms with Crippen LogP contribution in [0.5, 0.6) is 0 Å². The van der Waals surface area contributed by atoms with E-state index in [1.807, 2.05) is 30.3 Å². The molecule has 21 heavy (non-hydrogen) atoms. The van der Waals surface area contributed by atoms with Crippen LogP contribution in [0.4, 0.5) is 4.39 Å². The van der Waals surface area contributed by atoms with Crippen LogP contribution < -0.4 is 4.72 Å². The fourth-order valence-corrected chi connectivity index (χ4v) is 3.40. The van der Waals surface area contributed by atoms with Gasteiger partial charge in [-0.05, 0) is 5.56 Å². The molecule has 1 aliphatic heterocycles. The van der Waals surface area contributed by atoms with E-state index in [4.69, 9.17) is 0 Å². The van der Waals surface area contributed by atoms with Crippen LogP contribution >= 0.6 is 0 Å². The van der Waals surface area contributed by atoms with Gasteiger partial charge in [0.15, 0.2) is 12.0 Å². The van der Waals surface area contributed by atoms with E-state index in [0.717, 1.165) is 5.56 Å². The Morgan fingerprint density at radius 2 is 2.10 bits per heavy atom. The number of sulfonamides is 1. The molecule has 2 heterocycles. The molecule has 0 unspecified atom stereocenters. The van der Waals surface area contributed by atoms with E-state index in [2.05, 4.69) is 14.8 Å². The summed E-state index contributed by atoms with van der Waals surface area (Å²) in [6.45, 7) is 1.89. The van der Waals surface area contributed by atoms with Crippen LogP contribution in [-0.4, -0.2) is 29.7 Å². The Morgan fingerprint density at radius 1 is 1.38 bits per heavy atom. The van der Waals surface area contributed by atoms with E-state index in [0.29, 0.717) is 0 Å². The smallest absolute Gasteiger partial charge is 0.239 e. The van der Waals surface area contributed by atoms with Gasteiger partial charge in [-0.25, -0.2) is 22.2 Å². The first-order chi connectivity index (χ1) is 10.0. The predicted octanol–water partition coefficient (Wildman–Crippen LogP) is 1.58. The number of nitrogens with one attached hydrogen (secondary N) is 1. The first kappa shape index (κ1) is 14.2. The molecule has 1 N–H and O–H groups in total. The standard InChI is InChI=1S/C13H15FN4O2S/c1-2-15-21(19,20)13-16-12-10(14)8-11(18(12)17-13)9-6-4-3-5-7-9/h3-7,10-11,15H,2,8H2,1H3/t10-,11-/m0/s1. The average molecular weight is 310 g/mol. The Morgan fingerprint density at radius 3 is 2.76 bits per heavy atom. The molecule has 0 aliphatic carbocycles. The van der Waals surface area contributed by atoms with Gasteiger partial charge in [-0.3, -0.25) is 0 Å². The molecular formula is C13H15FN4O2S. The summed E-state index contributed by atoms with van der Waals surface area (Å²) in [5, 5.41) is 3.63. The van der Waals surface area contributed by atoms with E-state index in [1.54, 1.807) is 6.92 Å². The van der Waals surface area contributed by atoms with Gasteiger partial charge in [0.25, 0.3) is 15.2 Å². The van der Waals surface area contributed by atoms with Crippen LogP contribution in [0.2, 0.25) is 0 Å². The molecule has 6 nitrogen and oxygen atoms in total. The van der Waals surface area contributed by atoms with Gasteiger partial charge < -0.3 is 0 Å². The van der Waals surface area contributed by atoms with Crippen molar-refractivity contribution in [3.63, 3.8) is 0 Å². The number of nitrogens with zero attached hydrogens (tertiary/aromatic N) is 3. The van der Waals surface area contributed by atoms with E-state index >= 15 is 0 Å². The molecule has 0 amide bonds. The van der Waals surface area contributed by atoms with Crippen molar-refractivity contribution in [1.82, 2.24) is 19.5 Å². The van der Waals surface area contributed by atoms with Gasteiger partial charge in [0.2, 0.25) is 0 Å². The Balaban J connectivity index is 2.02. The zero-order valence-corrected chi connectivity index (χ0v) is 12.2. The summed E-state index contributed by atoms with van der Waals surface area (Å²) < 4.78 is 41.6. The first-order valence-corrected chi connectivity index (χ1v) is 8.16. The monoisotopic (exact) mass is 310 g/mol. The van der Waals surface area contributed by atoms with Crippen molar-refractivity contribution in [2.45, 2.75) is 30.7 Å². The van der Waals surface area contributed by atoms with Gasteiger partial charge in [-0.2, -0.15) is 4.98 Å². The maximum absolute atomic E-state index is 14.1. The lowest BCUT2D eigenvalue weighted by Gasteiger charge is -2.11. The highest BCUT2D eigenvalue weighted by molar-refractivity contribution is 7.89. The van der Waals surface area contributed by atoms with Crippen LogP contribution in [0.3, 0.4) is 0 Å². The first-order valence-electron chi connectivity index (χ1n) is 6.68. The SMILES string of the molecule is CCNS(=O)(=O)c1nc2n(n1)[C@H](c1ccccc1)C[C@@H]2F. The second kappa shape index (κ2) is 5.19. The maximum Gasteiger partial charge on any atom is 0.282 e. The maximum atomic E-state index is 14.1. The second-order valence-corrected chi connectivity index (χ2v) is 6.49. The largest absolute Gasteiger partial charge is 0.282 e. The molecule has 0 saturated heterocycles. The molecule has 2 aromatic rings. The van der Waals surface area contributed by atoms with Crippen LogP contribution in [0.25, 0.3) is 0 Å². The minimum absolute atomic E-state index is 0.0698. The number of hydrogen-bond donors (Lipinski definition) is 1. The van der Waals surface area contributed by atoms with Crippen LogP contribution in [0.15, 0.2) is 35.5 Å². The minimum atomic E-state index is -3.78. The van der Waals surface area contributed by atoms with E-state index in [9.17, 15) is 12.8 Å². The third-order valence-electron chi connectivity index (χ3n) is 3.40. The zero-order chi connectivity index (χ0) is 15.0. The predicted molar refractivity (Wildman–Crippen MR) is 73.9 cm³/mol. The summed E-state index contributed by atoms with van der Waals surface area (Å²) in [7, 11) is -3.78. The number of fused-ring (bicyclic) bond motifs is 1. The molecule has 0 bridgehead atoms. The molecule has 0 spiro atoms. The molecule has 2 atom stereocenters. The lowest BCUT2D eigenvalue weighted by molar-refractivity contribution is 0.326. The quantitative estimate of drug-likeness (QED) is 0.930. The molecule has 1 aromatic carbocycles. The highest BCUT2D eigenvalue weighted by atomic mass is 32.2. The van der Waals surface area contributed by atoms with E-state index in [-0.39, 0.29) is 30.0 Å². The van der Waals surface area contributed by atoms with Gasteiger partial charge in [-0.15, -0.1) is 5.10 Å². The zero-order valence-electron chi connectivity index (χ0n) is 11.4. The van der Waals surface area contributed by atoms with Crippen LogP contribution in [-0.2, 0) is 10.0 Å². The minimum Gasteiger partial charge on any atom is -0.239 e. The number of aromatic nitrogens is 3. The molecule has 1 aliphatic rings. The topological polar surface area (TPSA) is 76.9 Å². The van der Waals surface area contributed by atoms with Crippen molar-refractivity contribution >= 4 is 10.0 Å². The normalized spacial score (nSPS) is 21.4. The molecule has 0 radical (unpaired) electrons. The lowest BCUT2D eigenvalue weighted by atomic mass is 10.0. The molecule has 112 valence electrons. The third kappa shape index (κ3) is 2.44. The number of hydrogen-bond acceptors (Lipinski definition) is 4. The van der Waals surface area contributed by atoms with Gasteiger partial charge in [0, 0.05) is 13.0 Å². The van der Waals surface area contributed by atoms with Crippen LogP contribution in [0, 0.1) is 0 Å². The van der Waals surface area contributed by atoms with Crippen molar-refractivity contribution in [3.8, 4) is 0 Å². The summed E-state index contributed by atoms with van der Waals surface area (Å²) in [5.74, 6) is 0.0698. The molecular weight excluding hydrogens is 295 g/mol. The molecule has 3 rings (SSSR count). The van der Waals surface area contributed by atoms with Gasteiger partial charge in [0.1, 0.15) is 0 Å².